The smallest absolute Gasteiger partial charge is 0.251 e. The normalized spacial score (nSPS) is 15.6. The molecule has 1 aromatic heterocycles. The Morgan fingerprint density at radius 3 is 2.67 bits per heavy atom. The number of nitrogens with zero attached hydrogens (tertiary/aromatic N) is 1. The molecule has 0 atom stereocenters. The van der Waals surface area contributed by atoms with Crippen molar-refractivity contribution in [1.29, 1.82) is 0 Å². The third-order valence-corrected chi connectivity index (χ3v) is 3.98. The molecule has 1 aliphatic carbocycles. The van der Waals surface area contributed by atoms with Crippen LogP contribution in [0.1, 0.15) is 62.5 Å². The Kier molecular flexibility index (Phi) is 5.21. The highest BCUT2D eigenvalue weighted by molar-refractivity contribution is 5.95. The number of aryl methyl sites for hydroxylation is 1. The van der Waals surface area contributed by atoms with Crippen molar-refractivity contribution in [3.05, 3.63) is 23.4 Å². The maximum Gasteiger partial charge on any atom is 0.251 e. The van der Waals surface area contributed by atoms with E-state index in [1.165, 1.54) is 12.8 Å². The Morgan fingerprint density at radius 2 is 2.05 bits per heavy atom. The molecule has 0 aromatic carbocycles. The van der Waals surface area contributed by atoms with Gasteiger partial charge in [-0.05, 0) is 43.2 Å². The number of carbonyl (C=O) groups is 1. The van der Waals surface area contributed by atoms with Gasteiger partial charge in [-0.2, -0.15) is 0 Å². The Bertz CT molecular complexity index is 495. The van der Waals surface area contributed by atoms with Gasteiger partial charge in [-0.25, -0.2) is 4.98 Å². The van der Waals surface area contributed by atoms with E-state index in [1.54, 1.807) is 0 Å². The van der Waals surface area contributed by atoms with Gasteiger partial charge in [0.1, 0.15) is 5.82 Å². The highest BCUT2D eigenvalue weighted by Crippen LogP contribution is 2.44. The van der Waals surface area contributed by atoms with E-state index in [1.807, 2.05) is 12.1 Å². The van der Waals surface area contributed by atoms with Crippen LogP contribution in [0.3, 0.4) is 0 Å². The van der Waals surface area contributed by atoms with Gasteiger partial charge in [-0.15, -0.1) is 0 Å². The summed E-state index contributed by atoms with van der Waals surface area (Å²) in [6, 6.07) is 3.78. The van der Waals surface area contributed by atoms with Crippen molar-refractivity contribution in [1.82, 2.24) is 10.3 Å². The number of anilines is 1. The molecule has 2 rings (SSSR count). The van der Waals surface area contributed by atoms with Crippen molar-refractivity contribution < 1.29 is 4.79 Å². The molecule has 2 N–H and O–H groups in total. The predicted octanol–water partition coefficient (Wildman–Crippen LogP) is 3.39. The van der Waals surface area contributed by atoms with E-state index < -0.39 is 0 Å². The zero-order valence-electron chi connectivity index (χ0n) is 13.5. The fourth-order valence-corrected chi connectivity index (χ4v) is 2.23. The third-order valence-electron chi connectivity index (χ3n) is 3.98. The Balaban J connectivity index is 2.07. The Hall–Kier alpha value is -1.58. The molecule has 116 valence electrons. The molecule has 0 unspecified atom stereocenters. The molecule has 0 spiro atoms. The van der Waals surface area contributed by atoms with Gasteiger partial charge in [-0.3, -0.25) is 4.79 Å². The van der Waals surface area contributed by atoms with Crippen LogP contribution in [0.2, 0.25) is 0 Å². The van der Waals surface area contributed by atoms with Crippen LogP contribution >= 0.6 is 0 Å². The molecular formula is C17H27N3O. The fraction of sp³-hybridized carbons (Fsp3) is 0.647. The van der Waals surface area contributed by atoms with E-state index in [2.05, 4.69) is 36.4 Å². The minimum atomic E-state index is 0.0161. The molecule has 0 bridgehead atoms. The van der Waals surface area contributed by atoms with Gasteiger partial charge < -0.3 is 10.6 Å². The van der Waals surface area contributed by atoms with Gasteiger partial charge in [0, 0.05) is 24.3 Å². The van der Waals surface area contributed by atoms with Gasteiger partial charge >= 0.3 is 0 Å². The van der Waals surface area contributed by atoms with E-state index in [-0.39, 0.29) is 5.91 Å². The first kappa shape index (κ1) is 15.8. The largest absolute Gasteiger partial charge is 0.370 e. The summed E-state index contributed by atoms with van der Waals surface area (Å²) in [4.78, 5) is 16.9. The Labute approximate surface area is 127 Å². The van der Waals surface area contributed by atoms with Crippen molar-refractivity contribution in [3.63, 3.8) is 0 Å². The quantitative estimate of drug-likeness (QED) is 0.771. The minimum Gasteiger partial charge on any atom is -0.370 e. The van der Waals surface area contributed by atoms with E-state index in [0.29, 0.717) is 5.41 Å². The lowest BCUT2D eigenvalue weighted by Crippen LogP contribution is -2.29. The topological polar surface area (TPSA) is 54.0 Å². The van der Waals surface area contributed by atoms with Gasteiger partial charge in [-0.1, -0.05) is 27.2 Å². The van der Waals surface area contributed by atoms with E-state index in [9.17, 15) is 4.79 Å². The summed E-state index contributed by atoms with van der Waals surface area (Å²) in [6.07, 6.45) is 5.41. The molecule has 21 heavy (non-hydrogen) atoms. The predicted molar refractivity (Wildman–Crippen MR) is 86.7 cm³/mol. The summed E-state index contributed by atoms with van der Waals surface area (Å²) >= 11 is 0. The van der Waals surface area contributed by atoms with Gasteiger partial charge in [0.05, 0.1) is 0 Å². The summed E-state index contributed by atoms with van der Waals surface area (Å²) in [5.74, 6) is 0.827. The molecule has 0 saturated heterocycles. The summed E-state index contributed by atoms with van der Waals surface area (Å²) in [5.41, 5.74) is 2.04. The maximum absolute atomic E-state index is 12.3. The van der Waals surface area contributed by atoms with E-state index in [4.69, 9.17) is 0 Å². The number of aromatic nitrogens is 1. The molecule has 1 heterocycles. The fourth-order valence-electron chi connectivity index (χ4n) is 2.23. The van der Waals surface area contributed by atoms with Gasteiger partial charge in [0.25, 0.3) is 5.91 Å². The second kappa shape index (κ2) is 6.92. The van der Waals surface area contributed by atoms with Gasteiger partial charge in [0.2, 0.25) is 0 Å². The standard InChI is InChI=1S/C17H27N3O/c1-4-6-14-10-13(11-15(20-14)18-9-5-2)16(21)19-12-17(3)7-8-17/h10-11H,4-9,12H2,1-3H3,(H,18,20)(H,19,21). The number of hydrogen-bond acceptors (Lipinski definition) is 3. The van der Waals surface area contributed by atoms with Crippen LogP contribution in [-0.2, 0) is 6.42 Å². The number of hydrogen-bond donors (Lipinski definition) is 2. The molecule has 1 aromatic rings. The summed E-state index contributed by atoms with van der Waals surface area (Å²) < 4.78 is 0. The van der Waals surface area contributed by atoms with Crippen molar-refractivity contribution in [2.45, 2.75) is 52.9 Å². The van der Waals surface area contributed by atoms with E-state index in [0.717, 1.165) is 49.4 Å². The molecule has 1 saturated carbocycles. The lowest BCUT2D eigenvalue weighted by Gasteiger charge is -2.12. The second-order valence-electron chi connectivity index (χ2n) is 6.40. The molecule has 1 amide bonds. The van der Waals surface area contributed by atoms with Crippen LogP contribution in [0.25, 0.3) is 0 Å². The highest BCUT2D eigenvalue weighted by Gasteiger charge is 2.37. The van der Waals surface area contributed by atoms with Crippen LogP contribution in [-0.4, -0.2) is 24.0 Å². The summed E-state index contributed by atoms with van der Waals surface area (Å²) in [6.45, 7) is 8.11. The summed E-state index contributed by atoms with van der Waals surface area (Å²) in [7, 11) is 0. The molecular weight excluding hydrogens is 262 g/mol. The van der Waals surface area contributed by atoms with Crippen molar-refractivity contribution in [3.8, 4) is 0 Å². The molecule has 1 aliphatic rings. The first-order valence-electron chi connectivity index (χ1n) is 8.09. The lowest BCUT2D eigenvalue weighted by molar-refractivity contribution is 0.0946. The van der Waals surface area contributed by atoms with Crippen LogP contribution in [0.5, 0.6) is 0 Å². The second-order valence-corrected chi connectivity index (χ2v) is 6.40. The van der Waals surface area contributed by atoms with Crippen molar-refractivity contribution in [2.24, 2.45) is 5.41 Å². The number of pyridine rings is 1. The van der Waals surface area contributed by atoms with Crippen LogP contribution in [0.15, 0.2) is 12.1 Å². The monoisotopic (exact) mass is 289 g/mol. The average Bonchev–Trinajstić information content (AvgIpc) is 3.21. The van der Waals surface area contributed by atoms with Gasteiger partial charge in [0.15, 0.2) is 0 Å². The zero-order valence-corrected chi connectivity index (χ0v) is 13.5. The van der Waals surface area contributed by atoms with Crippen LogP contribution < -0.4 is 10.6 Å². The number of amides is 1. The number of nitrogens with one attached hydrogen (secondary N) is 2. The third kappa shape index (κ3) is 4.73. The molecule has 4 nitrogen and oxygen atoms in total. The molecule has 0 aliphatic heterocycles. The van der Waals surface area contributed by atoms with Crippen LogP contribution in [0, 0.1) is 5.41 Å². The SMILES string of the molecule is CCCNc1cc(C(=O)NCC2(C)CC2)cc(CCC)n1. The molecule has 1 fully saturated rings. The Morgan fingerprint density at radius 1 is 1.29 bits per heavy atom. The van der Waals surface area contributed by atoms with Crippen LogP contribution in [0.4, 0.5) is 5.82 Å². The molecule has 0 radical (unpaired) electrons. The number of carbonyl (C=O) groups excluding carboxylic acids is 1. The average molecular weight is 289 g/mol. The number of rotatable bonds is 8. The minimum absolute atomic E-state index is 0.0161. The highest BCUT2D eigenvalue weighted by atomic mass is 16.1. The van der Waals surface area contributed by atoms with Crippen molar-refractivity contribution in [2.75, 3.05) is 18.4 Å². The first-order valence-corrected chi connectivity index (χ1v) is 8.09. The van der Waals surface area contributed by atoms with E-state index >= 15 is 0 Å². The maximum atomic E-state index is 12.3. The zero-order chi connectivity index (χ0) is 15.3. The summed E-state index contributed by atoms with van der Waals surface area (Å²) in [5, 5.41) is 6.34. The molecule has 4 heteroatoms. The lowest BCUT2D eigenvalue weighted by atomic mass is 10.1. The van der Waals surface area contributed by atoms with Crippen molar-refractivity contribution >= 4 is 11.7 Å². The first-order chi connectivity index (χ1) is 10.1.